The van der Waals surface area contributed by atoms with Crippen molar-refractivity contribution in [3.8, 4) is 0 Å². The molecule has 0 aliphatic heterocycles. The predicted molar refractivity (Wildman–Crippen MR) is 57.4 cm³/mol. The van der Waals surface area contributed by atoms with Gasteiger partial charge in [0.05, 0.1) is 0 Å². The molecule has 3 N–H and O–H groups in total. The third-order valence-corrected chi connectivity index (χ3v) is 2.71. The van der Waals surface area contributed by atoms with Crippen LogP contribution in [0.4, 0.5) is 0 Å². The second kappa shape index (κ2) is 5.02. The Kier molecular flexibility index (Phi) is 3.98. The Morgan fingerprint density at radius 2 is 2.07 bits per heavy atom. The van der Waals surface area contributed by atoms with E-state index in [1.165, 1.54) is 0 Å². The van der Waals surface area contributed by atoms with E-state index in [2.05, 4.69) is 6.92 Å². The number of nitrogens with two attached hydrogens (primary N) is 1. The van der Waals surface area contributed by atoms with Crippen molar-refractivity contribution in [3.63, 3.8) is 0 Å². The van der Waals surface area contributed by atoms with E-state index in [0.29, 0.717) is 5.56 Å². The molecule has 76 valence electrons. The Morgan fingerprint density at radius 3 is 2.50 bits per heavy atom. The average molecular weight is 211 g/mol. The number of hydrogen-bond donors (Lipinski definition) is 2. The molecule has 0 spiro atoms. The van der Waals surface area contributed by atoms with Gasteiger partial charge >= 0.3 is 5.97 Å². The molecule has 0 heterocycles. The summed E-state index contributed by atoms with van der Waals surface area (Å²) < 4.78 is 0. The highest BCUT2D eigenvalue weighted by Crippen LogP contribution is 2.19. The molecular formula is C10H13NO2S. The summed E-state index contributed by atoms with van der Waals surface area (Å²) in [4.78, 5) is 11.7. The summed E-state index contributed by atoms with van der Waals surface area (Å²) in [5.74, 6) is 0.00512. The van der Waals surface area contributed by atoms with Gasteiger partial charge in [0.1, 0.15) is 6.04 Å². The largest absolute Gasteiger partial charge is 0.480 e. The number of carboxylic acid groups (broad SMARTS) is 1. The highest BCUT2D eigenvalue weighted by Gasteiger charge is 2.13. The predicted octanol–water partition coefficient (Wildman–Crippen LogP) is 1.88. The zero-order valence-corrected chi connectivity index (χ0v) is 8.75. The Labute approximate surface area is 87.3 Å². The van der Waals surface area contributed by atoms with Crippen molar-refractivity contribution in [2.75, 3.05) is 5.75 Å². The molecule has 4 heteroatoms. The van der Waals surface area contributed by atoms with Crippen LogP contribution >= 0.6 is 11.8 Å². The first-order valence-corrected chi connectivity index (χ1v) is 5.35. The number of aliphatic carboxylic acids is 1. The van der Waals surface area contributed by atoms with Gasteiger partial charge in [0.15, 0.2) is 0 Å². The van der Waals surface area contributed by atoms with E-state index in [1.807, 2.05) is 12.1 Å². The quantitative estimate of drug-likeness (QED) is 0.746. The SMILES string of the molecule is CCSc1ccc(C(N)C(=O)O)cc1. The smallest absolute Gasteiger partial charge is 0.325 e. The van der Waals surface area contributed by atoms with E-state index < -0.39 is 12.0 Å². The van der Waals surface area contributed by atoms with E-state index in [9.17, 15) is 4.79 Å². The zero-order valence-electron chi connectivity index (χ0n) is 7.93. The lowest BCUT2D eigenvalue weighted by Crippen LogP contribution is -2.20. The lowest BCUT2D eigenvalue weighted by Gasteiger charge is -2.06. The highest BCUT2D eigenvalue weighted by molar-refractivity contribution is 7.99. The van der Waals surface area contributed by atoms with Crippen molar-refractivity contribution in [2.45, 2.75) is 17.9 Å². The molecule has 1 rings (SSSR count). The van der Waals surface area contributed by atoms with Gasteiger partial charge in [0.2, 0.25) is 0 Å². The molecule has 0 aliphatic carbocycles. The second-order valence-electron chi connectivity index (χ2n) is 2.82. The maximum absolute atomic E-state index is 10.6. The summed E-state index contributed by atoms with van der Waals surface area (Å²) in [7, 11) is 0. The molecule has 0 fully saturated rings. The molecule has 1 unspecified atom stereocenters. The molecular weight excluding hydrogens is 198 g/mol. The fourth-order valence-corrected chi connectivity index (χ4v) is 1.74. The molecule has 0 aliphatic rings. The van der Waals surface area contributed by atoms with Gasteiger partial charge in [-0.1, -0.05) is 19.1 Å². The molecule has 0 aromatic heterocycles. The topological polar surface area (TPSA) is 63.3 Å². The summed E-state index contributed by atoms with van der Waals surface area (Å²) >= 11 is 1.72. The molecule has 0 bridgehead atoms. The molecule has 1 aromatic rings. The minimum absolute atomic E-state index is 0.637. The minimum Gasteiger partial charge on any atom is -0.480 e. The van der Waals surface area contributed by atoms with E-state index in [1.54, 1.807) is 23.9 Å². The van der Waals surface area contributed by atoms with E-state index in [-0.39, 0.29) is 0 Å². The molecule has 0 radical (unpaired) electrons. The van der Waals surface area contributed by atoms with E-state index >= 15 is 0 Å². The first-order valence-electron chi connectivity index (χ1n) is 4.36. The van der Waals surface area contributed by atoms with Crippen LogP contribution < -0.4 is 5.73 Å². The standard InChI is InChI=1S/C10H13NO2S/c1-2-14-8-5-3-7(4-6-8)9(11)10(12)13/h3-6,9H,2,11H2,1H3,(H,12,13). The van der Waals surface area contributed by atoms with Crippen LogP contribution in [0.25, 0.3) is 0 Å². The van der Waals surface area contributed by atoms with Gasteiger partial charge in [0.25, 0.3) is 0 Å². The third kappa shape index (κ3) is 2.75. The van der Waals surface area contributed by atoms with Crippen molar-refractivity contribution in [1.29, 1.82) is 0 Å². The van der Waals surface area contributed by atoms with Gasteiger partial charge in [-0.2, -0.15) is 0 Å². The number of thioether (sulfide) groups is 1. The second-order valence-corrected chi connectivity index (χ2v) is 4.16. The van der Waals surface area contributed by atoms with Crippen LogP contribution in [0.3, 0.4) is 0 Å². The first-order chi connectivity index (χ1) is 6.65. The van der Waals surface area contributed by atoms with Crippen LogP contribution in [0, 0.1) is 0 Å². The van der Waals surface area contributed by atoms with Crippen molar-refractivity contribution in [2.24, 2.45) is 5.73 Å². The minimum atomic E-state index is -0.999. The molecule has 1 atom stereocenters. The van der Waals surface area contributed by atoms with Crippen LogP contribution in [0.15, 0.2) is 29.2 Å². The number of carboxylic acids is 1. The van der Waals surface area contributed by atoms with E-state index in [4.69, 9.17) is 10.8 Å². The zero-order chi connectivity index (χ0) is 10.6. The summed E-state index contributed by atoms with van der Waals surface area (Å²) in [6.45, 7) is 2.07. The van der Waals surface area contributed by atoms with Crippen molar-refractivity contribution in [1.82, 2.24) is 0 Å². The van der Waals surface area contributed by atoms with Gasteiger partial charge in [-0.05, 0) is 23.4 Å². The monoisotopic (exact) mass is 211 g/mol. The van der Waals surface area contributed by atoms with Crippen LogP contribution in [-0.4, -0.2) is 16.8 Å². The fourth-order valence-electron chi connectivity index (χ4n) is 1.08. The Balaban J connectivity index is 2.77. The van der Waals surface area contributed by atoms with Gasteiger partial charge in [-0.3, -0.25) is 4.79 Å². The van der Waals surface area contributed by atoms with Crippen molar-refractivity contribution >= 4 is 17.7 Å². The number of rotatable bonds is 4. The van der Waals surface area contributed by atoms with Crippen LogP contribution in [0.1, 0.15) is 18.5 Å². The molecule has 0 amide bonds. The maximum Gasteiger partial charge on any atom is 0.325 e. The van der Waals surface area contributed by atoms with Gasteiger partial charge in [0, 0.05) is 4.90 Å². The fraction of sp³-hybridized carbons (Fsp3) is 0.300. The molecule has 1 aromatic carbocycles. The van der Waals surface area contributed by atoms with Crippen molar-refractivity contribution in [3.05, 3.63) is 29.8 Å². The van der Waals surface area contributed by atoms with Gasteiger partial charge in [-0.25, -0.2) is 0 Å². The van der Waals surface area contributed by atoms with Crippen LogP contribution in [0.2, 0.25) is 0 Å². The highest BCUT2D eigenvalue weighted by atomic mass is 32.2. The van der Waals surface area contributed by atoms with Gasteiger partial charge < -0.3 is 10.8 Å². The van der Waals surface area contributed by atoms with Crippen LogP contribution in [-0.2, 0) is 4.79 Å². The Morgan fingerprint density at radius 1 is 1.50 bits per heavy atom. The molecule has 3 nitrogen and oxygen atoms in total. The van der Waals surface area contributed by atoms with Crippen LogP contribution in [0.5, 0.6) is 0 Å². The lowest BCUT2D eigenvalue weighted by atomic mass is 10.1. The molecule has 14 heavy (non-hydrogen) atoms. The van der Waals surface area contributed by atoms with Crippen molar-refractivity contribution < 1.29 is 9.90 Å². The van der Waals surface area contributed by atoms with Gasteiger partial charge in [-0.15, -0.1) is 11.8 Å². The molecule has 0 saturated heterocycles. The average Bonchev–Trinajstić information content (AvgIpc) is 2.18. The summed E-state index contributed by atoms with van der Waals surface area (Å²) in [6.07, 6.45) is 0. The Hall–Kier alpha value is -1.00. The maximum atomic E-state index is 10.6. The summed E-state index contributed by atoms with van der Waals surface area (Å²) in [5.41, 5.74) is 6.09. The Bertz CT molecular complexity index is 310. The summed E-state index contributed by atoms with van der Waals surface area (Å²) in [6, 6.07) is 6.39. The van der Waals surface area contributed by atoms with E-state index in [0.717, 1.165) is 10.6 Å². The number of hydrogen-bond acceptors (Lipinski definition) is 3. The number of carbonyl (C=O) groups is 1. The third-order valence-electron chi connectivity index (χ3n) is 1.82. The summed E-state index contributed by atoms with van der Waals surface area (Å²) in [5, 5.41) is 8.68. The first kappa shape index (κ1) is 11.1. The number of benzene rings is 1. The lowest BCUT2D eigenvalue weighted by molar-refractivity contribution is -0.138. The molecule has 0 saturated carbocycles. The normalized spacial score (nSPS) is 12.4.